The first kappa shape index (κ1) is 11.7. The molecule has 0 saturated carbocycles. The fourth-order valence-corrected chi connectivity index (χ4v) is 4.63. The fraction of sp³-hybridized carbons (Fsp3) is 0.333. The van der Waals surface area contributed by atoms with Gasteiger partial charge in [0.25, 0.3) is 0 Å². The van der Waals surface area contributed by atoms with Crippen LogP contribution in [0.4, 0.5) is 0 Å². The Hall–Kier alpha value is -0.790. The second-order valence-electron chi connectivity index (χ2n) is 3.13. The highest BCUT2D eigenvalue weighted by atomic mass is 32.2. The molecule has 0 N–H and O–H groups in total. The lowest BCUT2D eigenvalue weighted by molar-refractivity contribution is 0.595. The van der Waals surface area contributed by atoms with Gasteiger partial charge in [0, 0.05) is 22.7 Å². The monoisotopic (exact) mass is 274 g/mol. The second-order valence-corrected chi connectivity index (χ2v) is 7.39. The maximum absolute atomic E-state index is 11.9. The summed E-state index contributed by atoms with van der Waals surface area (Å²) in [5.74, 6) is -0.00181. The number of sulfone groups is 1. The van der Waals surface area contributed by atoms with E-state index in [1.807, 2.05) is 6.92 Å². The molecule has 2 aromatic rings. The number of aromatic nitrogens is 2. The lowest BCUT2D eigenvalue weighted by Gasteiger charge is -1.96. The van der Waals surface area contributed by atoms with Crippen molar-refractivity contribution in [2.24, 2.45) is 0 Å². The summed E-state index contributed by atoms with van der Waals surface area (Å²) in [6.07, 6.45) is 3.97. The van der Waals surface area contributed by atoms with Gasteiger partial charge in [-0.15, -0.1) is 22.7 Å². The number of hydrogen-bond acceptors (Lipinski definition) is 6. The maximum Gasteiger partial charge on any atom is 0.210 e. The third-order valence-electron chi connectivity index (χ3n) is 1.91. The van der Waals surface area contributed by atoms with Crippen LogP contribution < -0.4 is 0 Å². The van der Waals surface area contributed by atoms with Crippen LogP contribution in [0.5, 0.6) is 0 Å². The van der Waals surface area contributed by atoms with Crippen molar-refractivity contribution in [1.82, 2.24) is 9.97 Å². The van der Waals surface area contributed by atoms with Crippen LogP contribution >= 0.6 is 22.7 Å². The van der Waals surface area contributed by atoms with E-state index in [0.717, 1.165) is 27.6 Å². The van der Waals surface area contributed by atoms with Gasteiger partial charge in [-0.1, -0.05) is 6.92 Å². The molecular formula is C9H10N2O2S3. The molecule has 0 atom stereocenters. The van der Waals surface area contributed by atoms with E-state index in [0.29, 0.717) is 0 Å². The molecular weight excluding hydrogens is 264 g/mol. The number of thiazole rings is 2. The van der Waals surface area contributed by atoms with Crippen molar-refractivity contribution in [3.63, 3.8) is 0 Å². The number of hydrogen-bond donors (Lipinski definition) is 0. The molecule has 0 spiro atoms. The minimum Gasteiger partial charge on any atom is -0.249 e. The van der Waals surface area contributed by atoms with Gasteiger partial charge in [0.1, 0.15) is 0 Å². The molecule has 0 amide bonds. The van der Waals surface area contributed by atoms with Crippen molar-refractivity contribution in [2.45, 2.75) is 23.4 Å². The average molecular weight is 274 g/mol. The minimum atomic E-state index is -3.29. The van der Waals surface area contributed by atoms with E-state index in [-0.39, 0.29) is 10.1 Å². The molecule has 2 aromatic heterocycles. The van der Waals surface area contributed by atoms with Crippen molar-refractivity contribution in [3.8, 4) is 0 Å². The van der Waals surface area contributed by atoms with Gasteiger partial charge in [0.05, 0.1) is 10.8 Å². The first-order chi connectivity index (χ1) is 7.62. The number of nitrogens with zero attached hydrogens (tertiary/aromatic N) is 2. The highest BCUT2D eigenvalue weighted by molar-refractivity contribution is 7.92. The first-order valence-electron chi connectivity index (χ1n) is 4.67. The highest BCUT2D eigenvalue weighted by Crippen LogP contribution is 2.22. The van der Waals surface area contributed by atoms with Gasteiger partial charge in [-0.25, -0.2) is 18.4 Å². The van der Waals surface area contributed by atoms with Crippen LogP contribution in [0.3, 0.4) is 0 Å². The van der Waals surface area contributed by atoms with Crippen molar-refractivity contribution in [2.75, 3.05) is 0 Å². The van der Waals surface area contributed by atoms with Crippen LogP contribution in [-0.4, -0.2) is 18.4 Å². The molecule has 2 heterocycles. The molecule has 16 heavy (non-hydrogen) atoms. The molecule has 0 fully saturated rings. The third kappa shape index (κ3) is 2.47. The Morgan fingerprint density at radius 2 is 2.19 bits per heavy atom. The molecule has 0 bridgehead atoms. The van der Waals surface area contributed by atoms with Crippen LogP contribution in [-0.2, 0) is 22.0 Å². The van der Waals surface area contributed by atoms with Crippen molar-refractivity contribution in [3.05, 3.63) is 27.7 Å². The first-order valence-corrected chi connectivity index (χ1v) is 8.02. The average Bonchev–Trinajstić information content (AvgIpc) is 2.86. The summed E-state index contributed by atoms with van der Waals surface area (Å²) < 4.78 is 24.0. The summed E-state index contributed by atoms with van der Waals surface area (Å²) >= 11 is 2.59. The number of rotatable bonds is 4. The van der Waals surface area contributed by atoms with Gasteiger partial charge in [-0.3, -0.25) is 0 Å². The maximum atomic E-state index is 11.9. The van der Waals surface area contributed by atoms with Gasteiger partial charge in [-0.2, -0.15) is 0 Å². The third-order valence-corrected chi connectivity index (χ3v) is 6.18. The highest BCUT2D eigenvalue weighted by Gasteiger charge is 2.19. The van der Waals surface area contributed by atoms with Crippen molar-refractivity contribution < 1.29 is 8.42 Å². The lowest BCUT2D eigenvalue weighted by Crippen LogP contribution is -2.02. The van der Waals surface area contributed by atoms with Gasteiger partial charge in [0.2, 0.25) is 14.2 Å². The van der Waals surface area contributed by atoms with Crippen LogP contribution in [0, 0.1) is 0 Å². The second kappa shape index (κ2) is 4.60. The van der Waals surface area contributed by atoms with E-state index in [4.69, 9.17) is 0 Å². The molecule has 0 aliphatic rings. The largest absolute Gasteiger partial charge is 0.249 e. The van der Waals surface area contributed by atoms with Crippen LogP contribution in [0.15, 0.2) is 22.1 Å². The summed E-state index contributed by atoms with van der Waals surface area (Å²) in [5.41, 5.74) is 0. The lowest BCUT2D eigenvalue weighted by atomic mass is 10.5. The van der Waals surface area contributed by atoms with E-state index in [2.05, 4.69) is 9.97 Å². The van der Waals surface area contributed by atoms with Crippen molar-refractivity contribution >= 4 is 32.5 Å². The fourth-order valence-electron chi connectivity index (χ4n) is 1.19. The summed E-state index contributed by atoms with van der Waals surface area (Å²) in [6, 6.07) is 0. The minimum absolute atomic E-state index is 0.00181. The molecule has 2 rings (SSSR count). The van der Waals surface area contributed by atoms with E-state index in [9.17, 15) is 8.42 Å². The Bertz CT molecular complexity index is 557. The Balaban J connectivity index is 2.21. The van der Waals surface area contributed by atoms with Crippen LogP contribution in [0.25, 0.3) is 0 Å². The van der Waals surface area contributed by atoms with Crippen LogP contribution in [0.2, 0.25) is 0 Å². The zero-order chi connectivity index (χ0) is 11.6. The standard InChI is InChI=1S/C9H10N2O2S3/c1-2-8-11-5-7(15-8)6-16(12,13)9-10-3-4-14-9/h3-5H,2,6H2,1H3. The smallest absolute Gasteiger partial charge is 0.210 e. The zero-order valence-electron chi connectivity index (χ0n) is 8.58. The zero-order valence-corrected chi connectivity index (χ0v) is 11.0. The van der Waals surface area contributed by atoms with E-state index < -0.39 is 9.84 Å². The number of aryl methyl sites for hydroxylation is 1. The molecule has 0 unspecified atom stereocenters. The summed E-state index contributed by atoms with van der Waals surface area (Å²) in [4.78, 5) is 8.73. The van der Waals surface area contributed by atoms with Crippen molar-refractivity contribution in [1.29, 1.82) is 0 Å². The SMILES string of the molecule is CCc1ncc(CS(=O)(=O)c2nccs2)s1. The van der Waals surface area contributed by atoms with Gasteiger partial charge < -0.3 is 0 Å². The van der Waals surface area contributed by atoms with E-state index in [1.54, 1.807) is 11.6 Å². The van der Waals surface area contributed by atoms with Gasteiger partial charge in [-0.05, 0) is 6.42 Å². The topological polar surface area (TPSA) is 59.9 Å². The van der Waals surface area contributed by atoms with E-state index >= 15 is 0 Å². The summed E-state index contributed by atoms with van der Waals surface area (Å²) in [7, 11) is -3.29. The Morgan fingerprint density at radius 3 is 2.75 bits per heavy atom. The van der Waals surface area contributed by atoms with Gasteiger partial charge in [0.15, 0.2) is 0 Å². The molecule has 0 radical (unpaired) electrons. The predicted molar refractivity (Wildman–Crippen MR) is 64.5 cm³/mol. The van der Waals surface area contributed by atoms with Crippen LogP contribution in [0.1, 0.15) is 16.8 Å². The Morgan fingerprint density at radius 1 is 1.38 bits per heavy atom. The molecule has 4 nitrogen and oxygen atoms in total. The predicted octanol–water partition coefficient (Wildman–Crippen LogP) is 2.14. The molecule has 0 saturated heterocycles. The van der Waals surface area contributed by atoms with Gasteiger partial charge >= 0.3 is 0 Å². The van der Waals surface area contributed by atoms with E-state index in [1.165, 1.54) is 17.5 Å². The Kier molecular flexibility index (Phi) is 3.36. The quantitative estimate of drug-likeness (QED) is 0.857. The summed E-state index contributed by atoms with van der Waals surface area (Å²) in [5, 5.41) is 2.63. The summed E-state index contributed by atoms with van der Waals surface area (Å²) in [6.45, 7) is 2.00. The molecule has 7 heteroatoms. The Labute approximate surface area is 102 Å². The molecule has 0 aliphatic heterocycles. The molecule has 0 aliphatic carbocycles. The normalized spacial score (nSPS) is 11.8. The molecule has 86 valence electrons. The molecule has 0 aromatic carbocycles.